The first-order valence-corrected chi connectivity index (χ1v) is 8.43. The van der Waals surface area contributed by atoms with Crippen LogP contribution in [-0.4, -0.2) is 38.1 Å². The van der Waals surface area contributed by atoms with Crippen LogP contribution >= 0.6 is 0 Å². The van der Waals surface area contributed by atoms with Crippen molar-refractivity contribution in [3.8, 4) is 6.07 Å². The molecule has 0 aliphatic rings. The van der Waals surface area contributed by atoms with Crippen molar-refractivity contribution in [2.24, 2.45) is 0 Å². The number of hydrogen-bond donors (Lipinski definition) is 1. The van der Waals surface area contributed by atoms with Gasteiger partial charge in [0.15, 0.2) is 0 Å². The van der Waals surface area contributed by atoms with E-state index in [1.54, 1.807) is 6.07 Å². The summed E-state index contributed by atoms with van der Waals surface area (Å²) >= 11 is 0. The van der Waals surface area contributed by atoms with Crippen molar-refractivity contribution in [2.75, 3.05) is 25.1 Å². The Kier molecular flexibility index (Phi) is 4.42. The van der Waals surface area contributed by atoms with Crippen molar-refractivity contribution in [1.82, 2.24) is 9.88 Å². The maximum atomic E-state index is 11.0. The topological polar surface area (TPSA) is 74.9 Å². The van der Waals surface area contributed by atoms with Crippen molar-refractivity contribution in [1.29, 1.82) is 5.26 Å². The van der Waals surface area contributed by atoms with E-state index in [0.29, 0.717) is 18.7 Å². The molecular formula is C14H17N3O2S. The third kappa shape index (κ3) is 3.83. The number of aromatic nitrogens is 1. The molecule has 1 aromatic carbocycles. The lowest BCUT2D eigenvalue weighted by molar-refractivity contribution is 0.589. The van der Waals surface area contributed by atoms with Gasteiger partial charge >= 0.3 is 0 Å². The Morgan fingerprint density at radius 1 is 1.30 bits per heavy atom. The molecule has 1 N–H and O–H groups in total. The number of nitrogens with one attached hydrogen (secondary N) is 1. The van der Waals surface area contributed by atoms with Crippen LogP contribution in [0.25, 0.3) is 10.9 Å². The molecule has 20 heavy (non-hydrogen) atoms. The van der Waals surface area contributed by atoms with Crippen LogP contribution in [0.4, 0.5) is 0 Å². The Morgan fingerprint density at radius 2 is 2.10 bits per heavy atom. The molecule has 0 saturated heterocycles. The van der Waals surface area contributed by atoms with Crippen molar-refractivity contribution in [2.45, 2.75) is 6.54 Å². The standard InChI is InChI=1S/C14H17N3O2S/c1-20(18,19)9-6-16-5-8-17-7-4-13-10-12(11-15)2-3-14(13)17/h2-4,7,10,16H,5-6,8-9H2,1H3. The van der Waals surface area contributed by atoms with Gasteiger partial charge in [-0.1, -0.05) is 0 Å². The summed E-state index contributed by atoms with van der Waals surface area (Å²) in [6.45, 7) is 1.94. The number of nitriles is 1. The van der Waals surface area contributed by atoms with Crippen LogP contribution in [0.3, 0.4) is 0 Å². The van der Waals surface area contributed by atoms with Gasteiger partial charge < -0.3 is 9.88 Å². The lowest BCUT2D eigenvalue weighted by Gasteiger charge is -2.07. The van der Waals surface area contributed by atoms with E-state index in [4.69, 9.17) is 5.26 Å². The Hall–Kier alpha value is -1.84. The Bertz CT molecular complexity index is 741. The van der Waals surface area contributed by atoms with Gasteiger partial charge in [-0.15, -0.1) is 0 Å². The zero-order chi connectivity index (χ0) is 14.6. The molecule has 1 heterocycles. The summed E-state index contributed by atoms with van der Waals surface area (Å²) in [6, 6.07) is 9.70. The Labute approximate surface area is 118 Å². The molecule has 0 atom stereocenters. The Morgan fingerprint density at radius 3 is 2.80 bits per heavy atom. The van der Waals surface area contributed by atoms with Gasteiger partial charge in [0.25, 0.3) is 0 Å². The number of fused-ring (bicyclic) bond motifs is 1. The average molecular weight is 291 g/mol. The molecule has 6 heteroatoms. The number of sulfone groups is 1. The van der Waals surface area contributed by atoms with Gasteiger partial charge in [-0.05, 0) is 24.3 Å². The highest BCUT2D eigenvalue weighted by atomic mass is 32.2. The van der Waals surface area contributed by atoms with E-state index in [0.717, 1.165) is 17.4 Å². The van der Waals surface area contributed by atoms with Crippen molar-refractivity contribution in [3.63, 3.8) is 0 Å². The summed E-state index contributed by atoms with van der Waals surface area (Å²) in [5.41, 5.74) is 1.73. The molecule has 2 aromatic rings. The minimum Gasteiger partial charge on any atom is -0.346 e. The fourth-order valence-corrected chi connectivity index (χ4v) is 2.56. The van der Waals surface area contributed by atoms with Gasteiger partial charge in [0.2, 0.25) is 0 Å². The van der Waals surface area contributed by atoms with Gasteiger partial charge in [-0.3, -0.25) is 0 Å². The summed E-state index contributed by atoms with van der Waals surface area (Å²) in [5, 5.41) is 13.0. The second-order valence-corrected chi connectivity index (χ2v) is 7.03. The zero-order valence-electron chi connectivity index (χ0n) is 11.3. The molecule has 5 nitrogen and oxygen atoms in total. The SMILES string of the molecule is CS(=O)(=O)CCNCCn1ccc2cc(C#N)ccc21. The van der Waals surface area contributed by atoms with Crippen molar-refractivity contribution < 1.29 is 8.42 Å². The maximum Gasteiger partial charge on any atom is 0.148 e. The molecule has 0 spiro atoms. The molecule has 2 rings (SSSR count). The van der Waals surface area contributed by atoms with Crippen molar-refractivity contribution >= 4 is 20.7 Å². The minimum absolute atomic E-state index is 0.158. The van der Waals surface area contributed by atoms with E-state index in [9.17, 15) is 8.42 Å². The number of hydrogen-bond acceptors (Lipinski definition) is 4. The molecule has 0 amide bonds. The summed E-state index contributed by atoms with van der Waals surface area (Å²) in [4.78, 5) is 0. The fraction of sp³-hybridized carbons (Fsp3) is 0.357. The highest BCUT2D eigenvalue weighted by molar-refractivity contribution is 7.90. The first kappa shape index (κ1) is 14.6. The molecule has 0 radical (unpaired) electrons. The summed E-state index contributed by atoms with van der Waals surface area (Å²) in [5.74, 6) is 0.158. The van der Waals surface area contributed by atoms with E-state index < -0.39 is 9.84 Å². The number of rotatable bonds is 6. The summed E-state index contributed by atoms with van der Waals surface area (Å²) < 4.78 is 24.1. The summed E-state index contributed by atoms with van der Waals surface area (Å²) in [6.07, 6.45) is 3.21. The molecule has 0 unspecified atom stereocenters. The molecule has 0 aliphatic heterocycles. The smallest absolute Gasteiger partial charge is 0.148 e. The molecule has 106 valence electrons. The fourth-order valence-electron chi connectivity index (χ4n) is 2.05. The average Bonchev–Trinajstić information content (AvgIpc) is 2.79. The van der Waals surface area contributed by atoms with E-state index in [2.05, 4.69) is 16.0 Å². The molecular weight excluding hydrogens is 274 g/mol. The van der Waals surface area contributed by atoms with Gasteiger partial charge in [-0.2, -0.15) is 5.26 Å². The minimum atomic E-state index is -2.90. The third-order valence-corrected chi connectivity index (χ3v) is 4.02. The van der Waals surface area contributed by atoms with E-state index in [1.807, 2.05) is 24.4 Å². The second-order valence-electron chi connectivity index (χ2n) is 4.77. The quantitative estimate of drug-likeness (QED) is 0.810. The van der Waals surface area contributed by atoms with E-state index in [1.165, 1.54) is 6.26 Å². The summed E-state index contributed by atoms with van der Waals surface area (Å²) in [7, 11) is -2.90. The monoisotopic (exact) mass is 291 g/mol. The highest BCUT2D eigenvalue weighted by Gasteiger charge is 2.03. The van der Waals surface area contributed by atoms with Crippen LogP contribution in [0.1, 0.15) is 5.56 Å². The van der Waals surface area contributed by atoms with Gasteiger partial charge in [0.1, 0.15) is 9.84 Å². The normalized spacial score (nSPS) is 11.6. The van der Waals surface area contributed by atoms with Crippen LogP contribution in [0.5, 0.6) is 0 Å². The lowest BCUT2D eigenvalue weighted by atomic mass is 10.2. The lowest BCUT2D eigenvalue weighted by Crippen LogP contribution is -2.25. The first-order valence-electron chi connectivity index (χ1n) is 6.37. The van der Waals surface area contributed by atoms with E-state index in [-0.39, 0.29) is 5.75 Å². The predicted molar refractivity (Wildman–Crippen MR) is 79.2 cm³/mol. The first-order chi connectivity index (χ1) is 9.49. The van der Waals surface area contributed by atoms with Gasteiger partial charge in [-0.25, -0.2) is 8.42 Å². The van der Waals surface area contributed by atoms with Crippen LogP contribution in [0.15, 0.2) is 30.5 Å². The number of benzene rings is 1. The van der Waals surface area contributed by atoms with Crippen LogP contribution in [0.2, 0.25) is 0 Å². The molecule has 0 fully saturated rings. The van der Waals surface area contributed by atoms with Crippen LogP contribution in [0, 0.1) is 11.3 Å². The van der Waals surface area contributed by atoms with Crippen LogP contribution in [-0.2, 0) is 16.4 Å². The van der Waals surface area contributed by atoms with E-state index >= 15 is 0 Å². The van der Waals surface area contributed by atoms with Crippen molar-refractivity contribution in [3.05, 3.63) is 36.0 Å². The largest absolute Gasteiger partial charge is 0.346 e. The van der Waals surface area contributed by atoms with Gasteiger partial charge in [0, 0.05) is 43.0 Å². The second kappa shape index (κ2) is 6.07. The Balaban J connectivity index is 1.92. The molecule has 0 bridgehead atoms. The molecule has 0 saturated carbocycles. The molecule has 0 aliphatic carbocycles. The molecule has 1 aromatic heterocycles. The number of nitrogens with zero attached hydrogens (tertiary/aromatic N) is 2. The highest BCUT2D eigenvalue weighted by Crippen LogP contribution is 2.17. The predicted octanol–water partition coefficient (Wildman–Crippen LogP) is 1.15. The van der Waals surface area contributed by atoms with Gasteiger partial charge in [0.05, 0.1) is 17.4 Å². The third-order valence-electron chi connectivity index (χ3n) is 3.08. The zero-order valence-corrected chi connectivity index (χ0v) is 12.2. The van der Waals surface area contributed by atoms with Crippen LogP contribution < -0.4 is 5.32 Å². The maximum absolute atomic E-state index is 11.0.